The average Bonchev–Trinajstić information content (AvgIpc) is 2.34. The van der Waals surface area contributed by atoms with E-state index in [1.165, 1.54) is 19.3 Å². The van der Waals surface area contributed by atoms with Gasteiger partial charge >= 0.3 is 0 Å². The molecule has 0 bridgehead atoms. The van der Waals surface area contributed by atoms with Crippen molar-refractivity contribution in [1.29, 1.82) is 0 Å². The Kier molecular flexibility index (Phi) is 6.39. The Morgan fingerprint density at radius 3 is 2.88 bits per heavy atom. The van der Waals surface area contributed by atoms with Crippen LogP contribution in [0.4, 0.5) is 5.69 Å². The summed E-state index contributed by atoms with van der Waals surface area (Å²) in [6.07, 6.45) is 5.67. The van der Waals surface area contributed by atoms with Crippen LogP contribution in [0.15, 0.2) is 23.2 Å². The third kappa shape index (κ3) is 4.57. The van der Waals surface area contributed by atoms with E-state index in [1.807, 2.05) is 31.3 Å². The Labute approximate surface area is 106 Å². The quantitative estimate of drug-likeness (QED) is 0.606. The summed E-state index contributed by atoms with van der Waals surface area (Å²) >= 11 is 0. The molecule has 0 saturated heterocycles. The Balaban J connectivity index is 2.76. The summed E-state index contributed by atoms with van der Waals surface area (Å²) in [4.78, 5) is 13.9. The monoisotopic (exact) mass is 251 g/mol. The lowest BCUT2D eigenvalue weighted by molar-refractivity contribution is 0.632. The van der Waals surface area contributed by atoms with Crippen molar-refractivity contribution in [2.45, 2.75) is 40.0 Å². The second-order valence-corrected chi connectivity index (χ2v) is 5.24. The van der Waals surface area contributed by atoms with Crippen molar-refractivity contribution in [2.24, 2.45) is 10.9 Å². The molecule has 0 heterocycles. The summed E-state index contributed by atoms with van der Waals surface area (Å²) in [7, 11) is -0.184. The molecule has 0 aliphatic carbocycles. The molecule has 1 N–H and O–H groups in total. The molecule has 1 rings (SSSR count). The number of benzene rings is 1. The molecule has 0 aromatic heterocycles. The first kappa shape index (κ1) is 14.3. The summed E-state index contributed by atoms with van der Waals surface area (Å²) in [6.45, 7) is 6.43. The SMILES string of the molecule is CCCCC(C)/C=N\c1c(C)cccc1PO. The first-order chi connectivity index (χ1) is 8.19. The van der Waals surface area contributed by atoms with Crippen LogP contribution in [0.2, 0.25) is 0 Å². The number of aryl methyl sites for hydroxylation is 1. The van der Waals surface area contributed by atoms with Crippen molar-refractivity contribution in [3.05, 3.63) is 23.8 Å². The zero-order chi connectivity index (χ0) is 12.7. The van der Waals surface area contributed by atoms with Gasteiger partial charge in [0.2, 0.25) is 0 Å². The van der Waals surface area contributed by atoms with Gasteiger partial charge in [-0.3, -0.25) is 4.99 Å². The molecule has 3 heteroatoms. The van der Waals surface area contributed by atoms with E-state index in [0.29, 0.717) is 5.92 Å². The van der Waals surface area contributed by atoms with Gasteiger partial charge in [-0.1, -0.05) is 44.9 Å². The fourth-order valence-electron chi connectivity index (χ4n) is 1.72. The van der Waals surface area contributed by atoms with Gasteiger partial charge < -0.3 is 4.89 Å². The average molecular weight is 251 g/mol. The number of hydrogen-bond donors (Lipinski definition) is 1. The van der Waals surface area contributed by atoms with E-state index in [0.717, 1.165) is 16.6 Å². The minimum Gasteiger partial charge on any atom is -0.372 e. The summed E-state index contributed by atoms with van der Waals surface area (Å²) in [6, 6.07) is 5.94. The molecular formula is C14H22NOP. The molecular weight excluding hydrogens is 229 g/mol. The highest BCUT2D eigenvalue weighted by Crippen LogP contribution is 2.21. The number of para-hydroxylation sites is 1. The van der Waals surface area contributed by atoms with Crippen molar-refractivity contribution in [2.75, 3.05) is 0 Å². The van der Waals surface area contributed by atoms with Gasteiger partial charge in [-0.2, -0.15) is 0 Å². The maximum Gasteiger partial charge on any atom is 0.0751 e. The number of aliphatic imine (C=N–C) groups is 1. The van der Waals surface area contributed by atoms with Crippen LogP contribution in [0.3, 0.4) is 0 Å². The van der Waals surface area contributed by atoms with Gasteiger partial charge in [-0.25, -0.2) is 0 Å². The highest BCUT2D eigenvalue weighted by molar-refractivity contribution is 7.41. The Bertz CT molecular complexity index is 376. The predicted molar refractivity (Wildman–Crippen MR) is 78.2 cm³/mol. The zero-order valence-corrected chi connectivity index (χ0v) is 11.9. The van der Waals surface area contributed by atoms with Crippen LogP contribution in [0.25, 0.3) is 0 Å². The molecule has 2 unspecified atom stereocenters. The first-order valence-electron chi connectivity index (χ1n) is 6.23. The van der Waals surface area contributed by atoms with Crippen LogP contribution in [0, 0.1) is 12.8 Å². The Hall–Kier alpha value is -0.720. The third-order valence-corrected chi connectivity index (χ3v) is 3.47. The molecule has 17 heavy (non-hydrogen) atoms. The van der Waals surface area contributed by atoms with Crippen LogP contribution in [0.5, 0.6) is 0 Å². The lowest BCUT2D eigenvalue weighted by Crippen LogP contribution is -1.99. The van der Waals surface area contributed by atoms with Crippen molar-refractivity contribution >= 4 is 26.0 Å². The maximum atomic E-state index is 9.30. The smallest absolute Gasteiger partial charge is 0.0751 e. The van der Waals surface area contributed by atoms with E-state index in [4.69, 9.17) is 0 Å². The van der Waals surface area contributed by atoms with E-state index in [9.17, 15) is 4.89 Å². The zero-order valence-electron chi connectivity index (χ0n) is 10.9. The minimum atomic E-state index is -0.184. The highest BCUT2D eigenvalue weighted by atomic mass is 31.1. The van der Waals surface area contributed by atoms with Gasteiger partial charge in [-0.15, -0.1) is 0 Å². The van der Waals surface area contributed by atoms with Crippen LogP contribution < -0.4 is 5.30 Å². The second kappa shape index (κ2) is 7.58. The Morgan fingerprint density at radius 2 is 2.24 bits per heavy atom. The van der Waals surface area contributed by atoms with E-state index >= 15 is 0 Å². The van der Waals surface area contributed by atoms with Gasteiger partial charge in [-0.05, 0) is 24.8 Å². The standard InChI is InChI=1S/C14H22NOP/c1-4-5-7-11(2)10-15-14-12(3)8-6-9-13(14)17-16/h6,8-11,16-17H,4-5,7H2,1-3H3/b15-10-. The number of nitrogens with zero attached hydrogens (tertiary/aromatic N) is 1. The molecule has 0 amide bonds. The predicted octanol–water partition coefficient (Wildman–Crippen LogP) is 3.73. The van der Waals surface area contributed by atoms with Crippen LogP contribution in [0.1, 0.15) is 38.7 Å². The molecule has 0 aliphatic rings. The summed E-state index contributed by atoms with van der Waals surface area (Å²) < 4.78 is 0. The van der Waals surface area contributed by atoms with Gasteiger partial charge in [0.05, 0.1) is 5.69 Å². The van der Waals surface area contributed by atoms with E-state index in [2.05, 4.69) is 18.8 Å². The topological polar surface area (TPSA) is 32.6 Å². The lowest BCUT2D eigenvalue weighted by Gasteiger charge is -2.07. The third-order valence-electron chi connectivity index (χ3n) is 2.83. The molecule has 0 saturated carbocycles. The number of hydrogen-bond acceptors (Lipinski definition) is 2. The van der Waals surface area contributed by atoms with E-state index in [1.54, 1.807) is 0 Å². The van der Waals surface area contributed by atoms with Crippen LogP contribution in [-0.2, 0) is 0 Å². The van der Waals surface area contributed by atoms with Crippen molar-refractivity contribution in [1.82, 2.24) is 0 Å². The fraction of sp³-hybridized carbons (Fsp3) is 0.500. The van der Waals surface area contributed by atoms with Crippen LogP contribution >= 0.6 is 8.81 Å². The largest absolute Gasteiger partial charge is 0.372 e. The molecule has 0 aliphatic heterocycles. The molecule has 94 valence electrons. The summed E-state index contributed by atoms with van der Waals surface area (Å²) in [5.74, 6) is 0.504. The van der Waals surface area contributed by atoms with Gasteiger partial charge in [0.1, 0.15) is 0 Å². The lowest BCUT2D eigenvalue weighted by atomic mass is 10.1. The minimum absolute atomic E-state index is 0.184. The number of rotatable bonds is 6. The molecule has 0 spiro atoms. The summed E-state index contributed by atoms with van der Waals surface area (Å²) in [5, 5.41) is 0.934. The second-order valence-electron chi connectivity index (χ2n) is 4.48. The molecule has 0 radical (unpaired) electrons. The van der Waals surface area contributed by atoms with Crippen LogP contribution in [-0.4, -0.2) is 11.1 Å². The first-order valence-corrected chi connectivity index (χ1v) is 7.17. The van der Waals surface area contributed by atoms with Crippen molar-refractivity contribution in [3.8, 4) is 0 Å². The molecule has 1 aromatic carbocycles. The fourth-order valence-corrected chi connectivity index (χ4v) is 2.26. The van der Waals surface area contributed by atoms with E-state index < -0.39 is 0 Å². The molecule has 1 aromatic rings. The normalized spacial score (nSPS) is 13.9. The van der Waals surface area contributed by atoms with E-state index in [-0.39, 0.29) is 8.81 Å². The molecule has 2 atom stereocenters. The molecule has 0 fully saturated rings. The Morgan fingerprint density at radius 1 is 1.47 bits per heavy atom. The highest BCUT2D eigenvalue weighted by Gasteiger charge is 2.03. The van der Waals surface area contributed by atoms with Crippen molar-refractivity contribution in [3.63, 3.8) is 0 Å². The van der Waals surface area contributed by atoms with Gasteiger partial charge in [0.15, 0.2) is 0 Å². The van der Waals surface area contributed by atoms with Gasteiger partial charge in [0, 0.05) is 20.3 Å². The van der Waals surface area contributed by atoms with Crippen molar-refractivity contribution < 1.29 is 4.89 Å². The maximum absolute atomic E-state index is 9.30. The molecule has 2 nitrogen and oxygen atoms in total. The summed E-state index contributed by atoms with van der Waals surface area (Å²) in [5.41, 5.74) is 2.07. The van der Waals surface area contributed by atoms with Gasteiger partial charge in [0.25, 0.3) is 0 Å². The number of unbranched alkanes of at least 4 members (excludes halogenated alkanes) is 1.